The summed E-state index contributed by atoms with van der Waals surface area (Å²) in [6.45, 7) is 7.05. The maximum absolute atomic E-state index is 12.2. The fourth-order valence-corrected chi connectivity index (χ4v) is 3.49. The van der Waals surface area contributed by atoms with Crippen LogP contribution >= 0.6 is 0 Å². The van der Waals surface area contributed by atoms with Gasteiger partial charge in [0.25, 0.3) is 0 Å². The predicted molar refractivity (Wildman–Crippen MR) is 98.8 cm³/mol. The molecule has 0 saturated carbocycles. The van der Waals surface area contributed by atoms with Crippen LogP contribution in [0.1, 0.15) is 41.8 Å². The van der Waals surface area contributed by atoms with E-state index in [2.05, 4.69) is 21.7 Å². The lowest BCUT2D eigenvalue weighted by Crippen LogP contribution is -2.36. The quantitative estimate of drug-likeness (QED) is 0.724. The van der Waals surface area contributed by atoms with Crippen LogP contribution in [0.5, 0.6) is 0 Å². The summed E-state index contributed by atoms with van der Waals surface area (Å²) in [6.07, 6.45) is 3.86. The second-order valence-electron chi connectivity index (χ2n) is 6.98. The van der Waals surface area contributed by atoms with Gasteiger partial charge in [0, 0.05) is 19.3 Å². The third-order valence-corrected chi connectivity index (χ3v) is 4.94. The summed E-state index contributed by atoms with van der Waals surface area (Å²) in [4.78, 5) is 19.3. The molecule has 0 spiro atoms. The Hall–Kier alpha value is -2.80. The fraction of sp³-hybridized carbons (Fsp3) is 0.400. The number of carbonyl (C=O) groups is 1. The number of furan rings is 2. The Kier molecular flexibility index (Phi) is 4.85. The van der Waals surface area contributed by atoms with Crippen LogP contribution in [0.15, 0.2) is 45.6 Å². The minimum absolute atomic E-state index is 0.0579. The van der Waals surface area contributed by atoms with Crippen LogP contribution in [-0.2, 0) is 30.8 Å². The van der Waals surface area contributed by atoms with Gasteiger partial charge in [-0.25, -0.2) is 4.98 Å². The van der Waals surface area contributed by atoms with E-state index in [1.807, 2.05) is 37.4 Å². The Morgan fingerprint density at radius 3 is 2.93 bits per heavy atom. The molecule has 7 heteroatoms. The number of rotatable bonds is 6. The Bertz CT molecular complexity index is 910. The predicted octanol–water partition coefficient (Wildman–Crippen LogP) is 2.81. The summed E-state index contributed by atoms with van der Waals surface area (Å²) in [5.74, 6) is 3.58. The molecule has 4 heterocycles. The molecule has 4 rings (SSSR count). The van der Waals surface area contributed by atoms with Gasteiger partial charge in [-0.3, -0.25) is 9.69 Å². The third kappa shape index (κ3) is 3.98. The van der Waals surface area contributed by atoms with E-state index in [-0.39, 0.29) is 18.4 Å². The van der Waals surface area contributed by atoms with Gasteiger partial charge in [-0.1, -0.05) is 0 Å². The second kappa shape index (κ2) is 7.44. The normalized spacial score (nSPS) is 17.0. The molecule has 1 unspecified atom stereocenters. The van der Waals surface area contributed by atoms with Crippen molar-refractivity contribution in [3.05, 3.63) is 65.5 Å². The maximum atomic E-state index is 12.2. The molecule has 0 bridgehead atoms. The number of hydrogen-bond donors (Lipinski definition) is 1. The van der Waals surface area contributed by atoms with Crippen molar-refractivity contribution < 1.29 is 13.6 Å². The first-order chi connectivity index (χ1) is 13.1. The van der Waals surface area contributed by atoms with Gasteiger partial charge in [-0.15, -0.1) is 0 Å². The van der Waals surface area contributed by atoms with Crippen LogP contribution in [-0.4, -0.2) is 26.9 Å². The van der Waals surface area contributed by atoms with Gasteiger partial charge in [0.2, 0.25) is 5.91 Å². The van der Waals surface area contributed by atoms with Crippen molar-refractivity contribution in [2.45, 2.75) is 45.9 Å². The van der Waals surface area contributed by atoms with Crippen LogP contribution in [0.2, 0.25) is 0 Å². The maximum Gasteiger partial charge on any atom is 0.226 e. The van der Waals surface area contributed by atoms with E-state index in [0.717, 1.165) is 48.4 Å². The Morgan fingerprint density at radius 2 is 2.19 bits per heavy atom. The number of fused-ring (bicyclic) bond motifs is 1. The zero-order valence-electron chi connectivity index (χ0n) is 15.6. The average molecular weight is 368 g/mol. The van der Waals surface area contributed by atoms with E-state index in [0.29, 0.717) is 6.54 Å². The zero-order chi connectivity index (χ0) is 18.8. The van der Waals surface area contributed by atoms with Crippen LogP contribution < -0.4 is 5.32 Å². The van der Waals surface area contributed by atoms with E-state index < -0.39 is 0 Å². The highest BCUT2D eigenvalue weighted by molar-refractivity contribution is 5.77. The number of imidazole rings is 1. The van der Waals surface area contributed by atoms with E-state index in [1.165, 1.54) is 0 Å². The lowest BCUT2D eigenvalue weighted by atomic mass is 10.2. The molecule has 0 saturated heterocycles. The number of aryl methyl sites for hydroxylation is 1. The summed E-state index contributed by atoms with van der Waals surface area (Å²) in [5.41, 5.74) is 0.796. The van der Waals surface area contributed by atoms with Gasteiger partial charge in [0.1, 0.15) is 23.1 Å². The molecular weight excluding hydrogens is 344 g/mol. The third-order valence-electron chi connectivity index (χ3n) is 4.94. The average Bonchev–Trinajstić information content (AvgIpc) is 3.37. The molecule has 0 aromatic carbocycles. The number of amides is 1. The first kappa shape index (κ1) is 17.6. The topological polar surface area (TPSA) is 76.4 Å². The van der Waals surface area contributed by atoms with Gasteiger partial charge in [-0.2, -0.15) is 0 Å². The van der Waals surface area contributed by atoms with E-state index >= 15 is 0 Å². The molecule has 1 aliphatic heterocycles. The van der Waals surface area contributed by atoms with Crippen molar-refractivity contribution in [1.29, 1.82) is 0 Å². The molecule has 0 radical (unpaired) electrons. The number of carbonyl (C=O) groups excluding carboxylic acids is 1. The van der Waals surface area contributed by atoms with Crippen LogP contribution in [0.25, 0.3) is 0 Å². The van der Waals surface area contributed by atoms with Gasteiger partial charge in [0.05, 0.1) is 37.5 Å². The van der Waals surface area contributed by atoms with Crippen LogP contribution in [0.3, 0.4) is 0 Å². The van der Waals surface area contributed by atoms with E-state index in [9.17, 15) is 4.79 Å². The van der Waals surface area contributed by atoms with Crippen molar-refractivity contribution in [1.82, 2.24) is 19.8 Å². The summed E-state index contributed by atoms with van der Waals surface area (Å²) >= 11 is 0. The first-order valence-electron chi connectivity index (χ1n) is 9.23. The number of aromatic nitrogens is 2. The molecule has 1 aliphatic rings. The molecule has 3 aromatic heterocycles. The van der Waals surface area contributed by atoms with Crippen molar-refractivity contribution >= 4 is 5.91 Å². The Labute approximate surface area is 158 Å². The molecular formula is C20H24N4O3. The highest BCUT2D eigenvalue weighted by Crippen LogP contribution is 2.26. The molecule has 1 N–H and O–H groups in total. The van der Waals surface area contributed by atoms with Crippen LogP contribution in [0.4, 0.5) is 0 Å². The van der Waals surface area contributed by atoms with Gasteiger partial charge in [0.15, 0.2) is 0 Å². The summed E-state index contributed by atoms with van der Waals surface area (Å²) < 4.78 is 13.1. The van der Waals surface area contributed by atoms with Crippen molar-refractivity contribution in [3.63, 3.8) is 0 Å². The number of nitrogens with one attached hydrogen (secondary N) is 1. The molecule has 0 fully saturated rings. The van der Waals surface area contributed by atoms with Crippen molar-refractivity contribution in [2.75, 3.05) is 6.54 Å². The summed E-state index contributed by atoms with van der Waals surface area (Å²) in [6, 6.07) is 7.83. The Balaban J connectivity index is 1.37. The highest BCUT2D eigenvalue weighted by Gasteiger charge is 2.27. The SMILES string of the molecule is Cc1ccc(CN2CCn3cc(CC(=O)NCc4ccco4)nc3C2C)o1. The van der Waals surface area contributed by atoms with Gasteiger partial charge < -0.3 is 18.7 Å². The smallest absolute Gasteiger partial charge is 0.226 e. The largest absolute Gasteiger partial charge is 0.467 e. The first-order valence-corrected chi connectivity index (χ1v) is 9.23. The van der Waals surface area contributed by atoms with E-state index in [1.54, 1.807) is 6.26 Å². The highest BCUT2D eigenvalue weighted by atomic mass is 16.3. The summed E-state index contributed by atoms with van der Waals surface area (Å²) in [7, 11) is 0. The molecule has 27 heavy (non-hydrogen) atoms. The second-order valence-corrected chi connectivity index (χ2v) is 6.98. The monoisotopic (exact) mass is 368 g/mol. The van der Waals surface area contributed by atoms with Gasteiger partial charge in [-0.05, 0) is 38.1 Å². The molecule has 3 aromatic rings. The molecule has 7 nitrogen and oxygen atoms in total. The standard InChI is InChI=1S/C20H24N4O3/c1-14-5-6-18(27-14)13-23-7-8-24-12-16(22-20(24)15(23)2)10-19(25)21-11-17-4-3-9-26-17/h3-6,9,12,15H,7-8,10-11,13H2,1-2H3,(H,21,25). The molecule has 0 aliphatic carbocycles. The van der Waals surface area contributed by atoms with Crippen LogP contribution in [0, 0.1) is 6.92 Å². The molecule has 142 valence electrons. The number of nitrogens with zero attached hydrogens (tertiary/aromatic N) is 3. The molecule has 1 amide bonds. The Morgan fingerprint density at radius 1 is 1.30 bits per heavy atom. The lowest BCUT2D eigenvalue weighted by molar-refractivity contribution is -0.120. The minimum atomic E-state index is -0.0579. The summed E-state index contributed by atoms with van der Waals surface area (Å²) in [5, 5.41) is 2.86. The zero-order valence-corrected chi connectivity index (χ0v) is 15.6. The lowest BCUT2D eigenvalue weighted by Gasteiger charge is -2.33. The van der Waals surface area contributed by atoms with E-state index in [4.69, 9.17) is 13.8 Å². The minimum Gasteiger partial charge on any atom is -0.467 e. The van der Waals surface area contributed by atoms with Gasteiger partial charge >= 0.3 is 0 Å². The molecule has 1 atom stereocenters. The number of hydrogen-bond acceptors (Lipinski definition) is 5. The van der Waals surface area contributed by atoms with Crippen molar-refractivity contribution in [3.8, 4) is 0 Å². The van der Waals surface area contributed by atoms with Crippen molar-refractivity contribution in [2.24, 2.45) is 0 Å². The fourth-order valence-electron chi connectivity index (χ4n) is 3.49.